The molecule has 1 aliphatic rings. The summed E-state index contributed by atoms with van der Waals surface area (Å²) >= 11 is 0. The molecule has 2 heterocycles. The lowest BCUT2D eigenvalue weighted by atomic mass is 10.1. The van der Waals surface area contributed by atoms with Crippen LogP contribution in [-0.4, -0.2) is 48.8 Å². The van der Waals surface area contributed by atoms with Crippen molar-refractivity contribution in [1.29, 1.82) is 0 Å². The number of hydrogen-bond acceptors (Lipinski definition) is 4. The van der Waals surface area contributed by atoms with Crippen molar-refractivity contribution >= 4 is 10.0 Å². The minimum absolute atomic E-state index is 0.169. The van der Waals surface area contributed by atoms with Crippen molar-refractivity contribution in [3.63, 3.8) is 0 Å². The smallest absolute Gasteiger partial charge is 0.246 e. The summed E-state index contributed by atoms with van der Waals surface area (Å²) in [5.74, 6) is 0. The van der Waals surface area contributed by atoms with E-state index >= 15 is 0 Å². The number of aromatic nitrogens is 2. The molecule has 108 valence electrons. The molecule has 0 radical (unpaired) electrons. The van der Waals surface area contributed by atoms with Gasteiger partial charge in [-0.25, -0.2) is 8.42 Å². The fraction of sp³-hybridized carbons (Fsp3) is 0.750. The van der Waals surface area contributed by atoms with E-state index < -0.39 is 10.0 Å². The standard InChI is InChI=1S/C12H21N3O3S/c1-9-12(10(2)14(3)13-9)19(16,17)15-7-5-11(18-4)6-8-15/h11H,5-8H2,1-4H3. The highest BCUT2D eigenvalue weighted by Gasteiger charge is 2.33. The molecule has 0 atom stereocenters. The number of hydrogen-bond donors (Lipinski definition) is 0. The van der Waals surface area contributed by atoms with Gasteiger partial charge in [0.1, 0.15) is 4.90 Å². The lowest BCUT2D eigenvalue weighted by Gasteiger charge is -2.30. The molecule has 0 aromatic carbocycles. The van der Waals surface area contributed by atoms with Crippen molar-refractivity contribution in [3.05, 3.63) is 11.4 Å². The highest BCUT2D eigenvalue weighted by Crippen LogP contribution is 2.26. The molecule has 2 rings (SSSR count). The van der Waals surface area contributed by atoms with Crippen LogP contribution in [0, 0.1) is 13.8 Å². The van der Waals surface area contributed by atoms with Crippen LogP contribution in [0.25, 0.3) is 0 Å². The number of rotatable bonds is 3. The highest BCUT2D eigenvalue weighted by molar-refractivity contribution is 7.89. The van der Waals surface area contributed by atoms with Crippen molar-refractivity contribution in [1.82, 2.24) is 14.1 Å². The third-order valence-corrected chi connectivity index (χ3v) is 5.93. The van der Waals surface area contributed by atoms with E-state index in [0.29, 0.717) is 29.4 Å². The maximum Gasteiger partial charge on any atom is 0.246 e. The SMILES string of the molecule is COC1CCN(S(=O)(=O)c2c(C)nn(C)c2C)CC1. The summed E-state index contributed by atoms with van der Waals surface area (Å²) in [7, 11) is -0.00646. The number of aryl methyl sites for hydroxylation is 2. The van der Waals surface area contributed by atoms with Gasteiger partial charge in [0.15, 0.2) is 0 Å². The average Bonchev–Trinajstić information content (AvgIpc) is 2.63. The van der Waals surface area contributed by atoms with Gasteiger partial charge in [0, 0.05) is 27.2 Å². The van der Waals surface area contributed by atoms with Crippen molar-refractivity contribution in [2.45, 2.75) is 37.7 Å². The molecule has 0 N–H and O–H groups in total. The largest absolute Gasteiger partial charge is 0.381 e. The molecule has 1 fully saturated rings. The number of sulfonamides is 1. The van der Waals surface area contributed by atoms with Gasteiger partial charge in [0.2, 0.25) is 10.0 Å². The molecule has 1 aliphatic heterocycles. The molecule has 0 amide bonds. The van der Waals surface area contributed by atoms with Crippen LogP contribution >= 0.6 is 0 Å². The molecule has 0 bridgehead atoms. The molecule has 6 nitrogen and oxygen atoms in total. The molecule has 1 aromatic rings. The second kappa shape index (κ2) is 5.22. The summed E-state index contributed by atoms with van der Waals surface area (Å²) in [6.45, 7) is 4.54. The Kier molecular flexibility index (Phi) is 3.98. The number of piperidine rings is 1. The first-order chi connectivity index (χ1) is 8.87. The Labute approximate surface area is 114 Å². The second-order valence-electron chi connectivity index (χ2n) is 4.96. The van der Waals surface area contributed by atoms with Crippen molar-refractivity contribution in [3.8, 4) is 0 Å². The predicted octanol–water partition coefficient (Wildman–Crippen LogP) is 0.836. The van der Waals surface area contributed by atoms with E-state index in [1.54, 1.807) is 37.0 Å². The highest BCUT2D eigenvalue weighted by atomic mass is 32.2. The number of ether oxygens (including phenoxy) is 1. The minimum atomic E-state index is -3.44. The van der Waals surface area contributed by atoms with E-state index in [0.717, 1.165) is 12.8 Å². The van der Waals surface area contributed by atoms with Gasteiger partial charge in [-0.2, -0.15) is 9.40 Å². The Bertz CT molecular complexity index is 557. The normalized spacial score (nSPS) is 18.9. The van der Waals surface area contributed by atoms with Crippen LogP contribution in [0.15, 0.2) is 4.90 Å². The molecule has 0 spiro atoms. The Balaban J connectivity index is 2.28. The molecule has 0 aliphatic carbocycles. The molecule has 7 heteroatoms. The summed E-state index contributed by atoms with van der Waals surface area (Å²) in [4.78, 5) is 0.353. The van der Waals surface area contributed by atoms with Gasteiger partial charge in [-0.3, -0.25) is 4.68 Å². The van der Waals surface area contributed by atoms with Gasteiger partial charge in [-0.1, -0.05) is 0 Å². The Hall–Kier alpha value is -0.920. The lowest BCUT2D eigenvalue weighted by molar-refractivity contribution is 0.0604. The first-order valence-electron chi connectivity index (χ1n) is 6.41. The molecule has 1 aromatic heterocycles. The third kappa shape index (κ3) is 2.54. The van der Waals surface area contributed by atoms with Crippen LogP contribution in [0.3, 0.4) is 0 Å². The summed E-state index contributed by atoms with van der Waals surface area (Å²) < 4.78 is 33.8. The van der Waals surface area contributed by atoms with Gasteiger partial charge in [0.05, 0.1) is 17.5 Å². The van der Waals surface area contributed by atoms with Crippen LogP contribution in [0.2, 0.25) is 0 Å². The van der Waals surface area contributed by atoms with E-state index in [1.807, 2.05) is 0 Å². The third-order valence-electron chi connectivity index (χ3n) is 3.77. The maximum atomic E-state index is 12.7. The molecule has 0 unspecified atom stereocenters. The predicted molar refractivity (Wildman–Crippen MR) is 71.5 cm³/mol. The number of methoxy groups -OCH3 is 1. The minimum Gasteiger partial charge on any atom is -0.381 e. The topological polar surface area (TPSA) is 64.4 Å². The van der Waals surface area contributed by atoms with E-state index in [2.05, 4.69) is 5.10 Å². The van der Waals surface area contributed by atoms with Crippen molar-refractivity contribution in [2.75, 3.05) is 20.2 Å². The van der Waals surface area contributed by atoms with Crippen molar-refractivity contribution in [2.24, 2.45) is 7.05 Å². The fourth-order valence-corrected chi connectivity index (χ4v) is 4.43. The monoisotopic (exact) mass is 287 g/mol. The summed E-state index contributed by atoms with van der Waals surface area (Å²) in [5.41, 5.74) is 1.25. The quantitative estimate of drug-likeness (QED) is 0.826. The summed E-state index contributed by atoms with van der Waals surface area (Å²) in [6, 6.07) is 0. The Morgan fingerprint density at radius 1 is 1.26 bits per heavy atom. The van der Waals surface area contributed by atoms with Crippen LogP contribution in [0.4, 0.5) is 0 Å². The van der Waals surface area contributed by atoms with Gasteiger partial charge < -0.3 is 4.74 Å². The van der Waals surface area contributed by atoms with Crippen LogP contribution < -0.4 is 0 Å². The second-order valence-corrected chi connectivity index (χ2v) is 6.84. The van der Waals surface area contributed by atoms with E-state index in [-0.39, 0.29) is 6.10 Å². The van der Waals surface area contributed by atoms with E-state index in [1.165, 1.54) is 0 Å². The summed E-state index contributed by atoms with van der Waals surface area (Å²) in [6.07, 6.45) is 1.66. The van der Waals surface area contributed by atoms with E-state index in [4.69, 9.17) is 4.74 Å². The van der Waals surface area contributed by atoms with Gasteiger partial charge >= 0.3 is 0 Å². The summed E-state index contributed by atoms with van der Waals surface area (Å²) in [5, 5.41) is 4.19. The lowest BCUT2D eigenvalue weighted by Crippen LogP contribution is -2.40. The zero-order valence-electron chi connectivity index (χ0n) is 11.9. The van der Waals surface area contributed by atoms with Crippen LogP contribution in [0.1, 0.15) is 24.2 Å². The maximum absolute atomic E-state index is 12.7. The number of nitrogens with zero attached hydrogens (tertiary/aromatic N) is 3. The van der Waals surface area contributed by atoms with Gasteiger partial charge in [-0.15, -0.1) is 0 Å². The van der Waals surface area contributed by atoms with E-state index in [9.17, 15) is 8.42 Å². The van der Waals surface area contributed by atoms with Gasteiger partial charge in [-0.05, 0) is 26.7 Å². The van der Waals surface area contributed by atoms with Gasteiger partial charge in [0.25, 0.3) is 0 Å². The molecule has 1 saturated heterocycles. The average molecular weight is 287 g/mol. The molecule has 0 saturated carbocycles. The first-order valence-corrected chi connectivity index (χ1v) is 7.85. The van der Waals surface area contributed by atoms with Crippen molar-refractivity contribution < 1.29 is 13.2 Å². The first kappa shape index (κ1) is 14.5. The molecular formula is C12H21N3O3S. The molecular weight excluding hydrogens is 266 g/mol. The zero-order valence-corrected chi connectivity index (χ0v) is 12.7. The Morgan fingerprint density at radius 2 is 1.84 bits per heavy atom. The van der Waals surface area contributed by atoms with Crippen LogP contribution in [0.5, 0.6) is 0 Å². The van der Waals surface area contributed by atoms with Crippen LogP contribution in [-0.2, 0) is 21.8 Å². The zero-order chi connectivity index (χ0) is 14.2. The fourth-order valence-electron chi connectivity index (χ4n) is 2.56. The Morgan fingerprint density at radius 3 is 2.26 bits per heavy atom. The molecule has 19 heavy (non-hydrogen) atoms.